The molecule has 0 radical (unpaired) electrons. The van der Waals surface area contributed by atoms with E-state index >= 15 is 0 Å². The van der Waals surface area contributed by atoms with Crippen LogP contribution in [0.3, 0.4) is 0 Å². The molecule has 0 aliphatic rings. The fourth-order valence-corrected chi connectivity index (χ4v) is 2.78. The van der Waals surface area contributed by atoms with Gasteiger partial charge in [0.05, 0.1) is 12.8 Å². The van der Waals surface area contributed by atoms with Crippen LogP contribution in [-0.2, 0) is 9.53 Å². The molecule has 3 N–H and O–H groups in total. The van der Waals surface area contributed by atoms with Crippen molar-refractivity contribution in [2.75, 3.05) is 18.2 Å². The highest BCUT2D eigenvalue weighted by molar-refractivity contribution is 6.00. The number of carbonyl (C=O) groups excluding carboxylic acids is 2. The van der Waals surface area contributed by atoms with Crippen LogP contribution in [0.4, 0.5) is 11.5 Å². The highest BCUT2D eigenvalue weighted by Crippen LogP contribution is 2.28. The van der Waals surface area contributed by atoms with E-state index in [-0.39, 0.29) is 11.4 Å². The van der Waals surface area contributed by atoms with Crippen molar-refractivity contribution in [3.8, 4) is 5.75 Å². The van der Waals surface area contributed by atoms with Gasteiger partial charge in [0, 0.05) is 11.8 Å². The number of rotatable bonds is 6. The van der Waals surface area contributed by atoms with E-state index in [0.29, 0.717) is 17.0 Å². The lowest BCUT2D eigenvalue weighted by atomic mass is 10.1. The maximum atomic E-state index is 13.1. The molecule has 0 unspecified atom stereocenters. The smallest absolute Gasteiger partial charge is 0.343 e. The highest BCUT2D eigenvalue weighted by atomic mass is 16.5. The van der Waals surface area contributed by atoms with Gasteiger partial charge < -0.3 is 20.5 Å². The number of aromatic nitrogens is 1. The molecule has 7 heteroatoms. The summed E-state index contributed by atoms with van der Waals surface area (Å²) < 4.78 is 10.8. The SMILES string of the molecule is COc1ccc(C)cc1NC(=O)[C@@H](OC(=O)c1cccnc1N)c1ccccc1. The normalized spacial score (nSPS) is 11.4. The third kappa shape index (κ3) is 4.70. The lowest BCUT2D eigenvalue weighted by molar-refractivity contribution is -0.125. The van der Waals surface area contributed by atoms with Crippen molar-refractivity contribution in [3.63, 3.8) is 0 Å². The number of hydrogen-bond acceptors (Lipinski definition) is 6. The molecule has 0 saturated heterocycles. The van der Waals surface area contributed by atoms with Crippen LogP contribution in [0.2, 0.25) is 0 Å². The predicted molar refractivity (Wildman–Crippen MR) is 110 cm³/mol. The van der Waals surface area contributed by atoms with Crippen LogP contribution in [0.5, 0.6) is 5.75 Å². The summed E-state index contributed by atoms with van der Waals surface area (Å²) in [6.45, 7) is 1.90. The first-order valence-corrected chi connectivity index (χ1v) is 8.91. The number of nitrogens with zero attached hydrogens (tertiary/aromatic N) is 1. The van der Waals surface area contributed by atoms with Gasteiger partial charge >= 0.3 is 5.97 Å². The minimum Gasteiger partial charge on any atom is -0.495 e. The minimum atomic E-state index is -1.19. The van der Waals surface area contributed by atoms with Gasteiger partial charge in [-0.05, 0) is 36.8 Å². The van der Waals surface area contributed by atoms with Gasteiger partial charge in [0.25, 0.3) is 5.91 Å². The number of methoxy groups -OCH3 is 1. The maximum absolute atomic E-state index is 13.1. The zero-order chi connectivity index (χ0) is 20.8. The monoisotopic (exact) mass is 391 g/mol. The van der Waals surface area contributed by atoms with Crippen LogP contribution in [0, 0.1) is 6.92 Å². The van der Waals surface area contributed by atoms with Gasteiger partial charge in [0.15, 0.2) is 0 Å². The van der Waals surface area contributed by atoms with Crippen LogP contribution in [-0.4, -0.2) is 24.0 Å². The Morgan fingerprint density at radius 3 is 2.52 bits per heavy atom. The number of pyridine rings is 1. The first-order valence-electron chi connectivity index (χ1n) is 8.91. The molecule has 1 amide bonds. The molecule has 1 atom stereocenters. The number of nitrogen functional groups attached to an aromatic ring is 1. The quantitative estimate of drug-likeness (QED) is 0.623. The summed E-state index contributed by atoms with van der Waals surface area (Å²) in [5.74, 6) is -0.726. The molecule has 7 nitrogen and oxygen atoms in total. The van der Waals surface area contributed by atoms with E-state index in [0.717, 1.165) is 5.56 Å². The predicted octanol–water partition coefficient (Wildman–Crippen LogP) is 3.52. The number of amides is 1. The molecule has 0 spiro atoms. The molecule has 3 rings (SSSR count). The second-order valence-corrected chi connectivity index (χ2v) is 6.33. The second-order valence-electron chi connectivity index (χ2n) is 6.33. The summed E-state index contributed by atoms with van der Waals surface area (Å²) in [5, 5.41) is 2.78. The third-order valence-electron chi connectivity index (χ3n) is 4.24. The minimum absolute atomic E-state index is 0.0325. The van der Waals surface area contributed by atoms with E-state index in [9.17, 15) is 9.59 Å². The molecular weight excluding hydrogens is 370 g/mol. The molecule has 1 aromatic heterocycles. The molecule has 0 fully saturated rings. The number of carbonyl (C=O) groups is 2. The van der Waals surface area contributed by atoms with Crippen molar-refractivity contribution in [1.29, 1.82) is 0 Å². The first-order chi connectivity index (χ1) is 14.0. The van der Waals surface area contributed by atoms with Crippen molar-refractivity contribution in [2.45, 2.75) is 13.0 Å². The molecule has 0 aliphatic carbocycles. The molecule has 0 bridgehead atoms. The van der Waals surface area contributed by atoms with Gasteiger partial charge in [-0.3, -0.25) is 4.79 Å². The zero-order valence-corrected chi connectivity index (χ0v) is 16.1. The summed E-state index contributed by atoms with van der Waals surface area (Å²) in [6, 6.07) is 17.2. The number of anilines is 2. The van der Waals surface area contributed by atoms with Gasteiger partial charge in [0.1, 0.15) is 17.1 Å². The lowest BCUT2D eigenvalue weighted by Crippen LogP contribution is -2.26. The standard InChI is InChI=1S/C22H21N3O4/c1-14-10-11-18(28-2)17(13-14)25-21(26)19(15-7-4-3-5-8-15)29-22(27)16-9-6-12-24-20(16)23/h3-13,19H,1-2H3,(H2,23,24)(H,25,26)/t19-/m0/s1. The molecular formula is C22H21N3O4. The number of benzene rings is 2. The average molecular weight is 391 g/mol. The second kappa shape index (κ2) is 8.88. The van der Waals surface area contributed by atoms with E-state index in [1.807, 2.05) is 19.1 Å². The highest BCUT2D eigenvalue weighted by Gasteiger charge is 2.27. The number of ether oxygens (including phenoxy) is 2. The van der Waals surface area contributed by atoms with Crippen molar-refractivity contribution < 1.29 is 19.1 Å². The zero-order valence-electron chi connectivity index (χ0n) is 16.1. The Morgan fingerprint density at radius 1 is 1.07 bits per heavy atom. The molecule has 29 heavy (non-hydrogen) atoms. The molecule has 3 aromatic rings. The lowest BCUT2D eigenvalue weighted by Gasteiger charge is -2.19. The maximum Gasteiger partial charge on any atom is 0.343 e. The summed E-state index contributed by atoms with van der Waals surface area (Å²) in [7, 11) is 1.51. The van der Waals surface area contributed by atoms with E-state index in [4.69, 9.17) is 15.2 Å². The molecule has 0 saturated carbocycles. The van der Waals surface area contributed by atoms with Gasteiger partial charge in [-0.1, -0.05) is 36.4 Å². The van der Waals surface area contributed by atoms with Gasteiger partial charge in [-0.25, -0.2) is 9.78 Å². The number of aryl methyl sites for hydroxylation is 1. The molecule has 1 heterocycles. The number of nitrogens with one attached hydrogen (secondary N) is 1. The Kier molecular flexibility index (Phi) is 6.09. The van der Waals surface area contributed by atoms with Crippen LogP contribution >= 0.6 is 0 Å². The van der Waals surface area contributed by atoms with E-state index in [2.05, 4.69) is 10.3 Å². The van der Waals surface area contributed by atoms with Crippen LogP contribution in [0.25, 0.3) is 0 Å². The van der Waals surface area contributed by atoms with Crippen molar-refractivity contribution in [2.24, 2.45) is 0 Å². The Hall–Kier alpha value is -3.87. The largest absolute Gasteiger partial charge is 0.495 e. The van der Waals surface area contributed by atoms with E-state index in [1.165, 1.54) is 19.4 Å². The topological polar surface area (TPSA) is 104 Å². The Labute approximate surface area is 168 Å². The van der Waals surface area contributed by atoms with E-state index in [1.54, 1.807) is 42.5 Å². The van der Waals surface area contributed by atoms with Gasteiger partial charge in [-0.2, -0.15) is 0 Å². The molecule has 0 aliphatic heterocycles. The fourth-order valence-electron chi connectivity index (χ4n) is 2.78. The fraction of sp³-hybridized carbons (Fsp3) is 0.136. The van der Waals surface area contributed by atoms with Gasteiger partial charge in [0.2, 0.25) is 6.10 Å². The Bertz CT molecular complexity index is 1020. The third-order valence-corrected chi connectivity index (χ3v) is 4.24. The van der Waals surface area contributed by atoms with Crippen molar-refractivity contribution >= 4 is 23.4 Å². The Morgan fingerprint density at radius 2 is 1.83 bits per heavy atom. The van der Waals surface area contributed by atoms with Gasteiger partial charge in [-0.15, -0.1) is 0 Å². The number of esters is 1. The summed E-state index contributed by atoms with van der Waals surface area (Å²) in [5.41, 5.74) is 7.80. The Balaban J connectivity index is 1.90. The van der Waals surface area contributed by atoms with Crippen LogP contribution in [0.1, 0.15) is 27.6 Å². The van der Waals surface area contributed by atoms with E-state index < -0.39 is 18.0 Å². The number of hydrogen-bond donors (Lipinski definition) is 2. The molecule has 2 aromatic carbocycles. The van der Waals surface area contributed by atoms with Crippen LogP contribution < -0.4 is 15.8 Å². The van der Waals surface area contributed by atoms with Crippen molar-refractivity contribution in [3.05, 3.63) is 83.6 Å². The summed E-state index contributed by atoms with van der Waals surface area (Å²) >= 11 is 0. The van der Waals surface area contributed by atoms with Crippen LogP contribution in [0.15, 0.2) is 66.9 Å². The summed E-state index contributed by atoms with van der Waals surface area (Å²) in [4.78, 5) is 29.6. The average Bonchev–Trinajstić information content (AvgIpc) is 2.73. The van der Waals surface area contributed by atoms with Crippen molar-refractivity contribution in [1.82, 2.24) is 4.98 Å². The summed E-state index contributed by atoms with van der Waals surface area (Å²) in [6.07, 6.45) is 0.283. The number of nitrogens with two attached hydrogens (primary N) is 1. The first kappa shape index (κ1) is 19.9. The molecule has 148 valence electrons.